The topological polar surface area (TPSA) is 9.86 Å². The van der Waals surface area contributed by atoms with Crippen LogP contribution in [0.25, 0.3) is 60.4 Å². The van der Waals surface area contributed by atoms with Crippen LogP contribution in [0.4, 0.5) is 0 Å². The van der Waals surface area contributed by atoms with Crippen molar-refractivity contribution in [1.82, 2.24) is 9.13 Å². The first-order valence-corrected chi connectivity index (χ1v) is 11.4. The lowest BCUT2D eigenvalue weighted by Gasteiger charge is -2.07. The number of nitrogens with zero attached hydrogens (tertiary/aromatic N) is 2. The normalized spacial score (nSPS) is 11.8. The molecule has 0 aliphatic carbocycles. The molecule has 0 saturated heterocycles. The van der Waals surface area contributed by atoms with Gasteiger partial charge in [-0.05, 0) is 53.6 Å². The zero-order chi connectivity index (χ0) is 21.9. The van der Waals surface area contributed by atoms with Crippen molar-refractivity contribution in [1.29, 1.82) is 0 Å². The summed E-state index contributed by atoms with van der Waals surface area (Å²) in [6.07, 6.45) is 0. The zero-order valence-electron chi connectivity index (χ0n) is 18.4. The maximum absolute atomic E-state index is 2.39. The Morgan fingerprint density at radius 2 is 1.09 bits per heavy atom. The largest absolute Gasteiger partial charge is 0.344 e. The molecule has 0 fully saturated rings. The molecule has 0 spiro atoms. The highest BCUT2D eigenvalue weighted by Gasteiger charge is 2.18. The van der Waals surface area contributed by atoms with Gasteiger partial charge in [0.15, 0.2) is 0 Å². The molecule has 0 N–H and O–H groups in total. The Morgan fingerprint density at radius 1 is 0.455 bits per heavy atom. The van der Waals surface area contributed by atoms with Crippen molar-refractivity contribution < 1.29 is 0 Å². The van der Waals surface area contributed by atoms with Crippen LogP contribution in [0.1, 0.15) is 0 Å². The fourth-order valence-corrected chi connectivity index (χ4v) is 5.43. The van der Waals surface area contributed by atoms with Crippen LogP contribution < -0.4 is 0 Å². The van der Waals surface area contributed by atoms with E-state index in [1.54, 1.807) is 0 Å². The minimum atomic E-state index is 1.19. The highest BCUT2D eigenvalue weighted by Crippen LogP contribution is 2.41. The fourth-order valence-electron chi connectivity index (χ4n) is 5.43. The minimum Gasteiger partial charge on any atom is -0.344 e. The molecule has 0 saturated carbocycles. The maximum atomic E-state index is 2.39. The monoisotopic (exact) mass is 422 g/mol. The average Bonchev–Trinajstić information content (AvgIpc) is 3.37. The van der Waals surface area contributed by atoms with Gasteiger partial charge < -0.3 is 9.13 Å². The van der Waals surface area contributed by atoms with Crippen LogP contribution in [-0.2, 0) is 7.05 Å². The molecule has 2 heterocycles. The van der Waals surface area contributed by atoms with Crippen molar-refractivity contribution in [3.05, 3.63) is 115 Å². The second-order valence-electron chi connectivity index (χ2n) is 8.70. The van der Waals surface area contributed by atoms with Crippen LogP contribution in [0.15, 0.2) is 115 Å². The van der Waals surface area contributed by atoms with E-state index >= 15 is 0 Å². The Kier molecular flexibility index (Phi) is 3.80. The summed E-state index contributed by atoms with van der Waals surface area (Å²) in [5.74, 6) is 0. The highest BCUT2D eigenvalue weighted by molar-refractivity contribution is 6.28. The number of fused-ring (bicyclic) bond motifs is 7. The Morgan fingerprint density at radius 3 is 1.91 bits per heavy atom. The summed E-state index contributed by atoms with van der Waals surface area (Å²) in [7, 11) is 2.18. The molecule has 156 valence electrons. The summed E-state index contributed by atoms with van der Waals surface area (Å²) < 4.78 is 4.72. The van der Waals surface area contributed by atoms with Crippen LogP contribution >= 0.6 is 0 Å². The lowest BCUT2D eigenvalue weighted by molar-refractivity contribution is 1.01. The third-order valence-electron chi connectivity index (χ3n) is 6.93. The molecular weight excluding hydrogens is 400 g/mol. The van der Waals surface area contributed by atoms with Gasteiger partial charge in [-0.15, -0.1) is 0 Å². The third kappa shape index (κ3) is 2.55. The SMILES string of the molecule is Cn1c2ccc(-c3ccccc3)cc2c2c3c4ccccc4n(-c4ccccc4)c3ccc21. The van der Waals surface area contributed by atoms with Gasteiger partial charge in [0.05, 0.1) is 11.0 Å². The minimum absolute atomic E-state index is 1.19. The van der Waals surface area contributed by atoms with Crippen LogP contribution in [-0.4, -0.2) is 9.13 Å². The summed E-state index contributed by atoms with van der Waals surface area (Å²) in [5.41, 5.74) is 8.69. The molecular formula is C31H22N2. The van der Waals surface area contributed by atoms with Crippen LogP contribution in [0.3, 0.4) is 0 Å². The van der Waals surface area contributed by atoms with Gasteiger partial charge in [-0.1, -0.05) is 72.8 Å². The van der Waals surface area contributed by atoms with E-state index in [-0.39, 0.29) is 0 Å². The summed E-state index contributed by atoms with van der Waals surface area (Å²) >= 11 is 0. The van der Waals surface area contributed by atoms with Gasteiger partial charge in [0, 0.05) is 45.3 Å². The van der Waals surface area contributed by atoms with E-state index in [4.69, 9.17) is 0 Å². The van der Waals surface area contributed by atoms with E-state index in [0.29, 0.717) is 0 Å². The molecule has 0 aliphatic rings. The summed E-state index contributed by atoms with van der Waals surface area (Å²) in [6.45, 7) is 0. The molecule has 2 heteroatoms. The van der Waals surface area contributed by atoms with Crippen molar-refractivity contribution >= 4 is 43.6 Å². The maximum Gasteiger partial charge on any atom is 0.0548 e. The molecule has 0 bridgehead atoms. The van der Waals surface area contributed by atoms with Crippen molar-refractivity contribution in [2.45, 2.75) is 0 Å². The lowest BCUT2D eigenvalue weighted by atomic mass is 10.0. The Balaban J connectivity index is 1.68. The standard InChI is InChI=1S/C31H22N2/c1-32-26-17-16-22(21-10-4-2-5-11-21)20-25(26)31-28(32)18-19-29-30(31)24-14-8-9-15-27(24)33(29)23-12-6-3-7-13-23/h2-20H,1H3. The average molecular weight is 423 g/mol. The first-order chi connectivity index (χ1) is 16.3. The Bertz CT molecular complexity index is 1800. The van der Waals surface area contributed by atoms with Crippen LogP contribution in [0.5, 0.6) is 0 Å². The van der Waals surface area contributed by atoms with Crippen LogP contribution in [0.2, 0.25) is 0 Å². The first kappa shape index (κ1) is 18.3. The fraction of sp³-hybridized carbons (Fsp3) is 0.0323. The van der Waals surface area contributed by atoms with E-state index in [2.05, 4.69) is 131 Å². The first-order valence-electron chi connectivity index (χ1n) is 11.4. The number of hydrogen-bond donors (Lipinski definition) is 0. The number of para-hydroxylation sites is 2. The van der Waals surface area contributed by atoms with Crippen molar-refractivity contribution in [3.8, 4) is 16.8 Å². The third-order valence-corrected chi connectivity index (χ3v) is 6.93. The number of hydrogen-bond acceptors (Lipinski definition) is 0. The molecule has 0 radical (unpaired) electrons. The molecule has 2 aromatic heterocycles. The molecule has 0 amide bonds. The van der Waals surface area contributed by atoms with Gasteiger partial charge in [-0.25, -0.2) is 0 Å². The van der Waals surface area contributed by atoms with Gasteiger partial charge in [0.2, 0.25) is 0 Å². The number of aromatic nitrogens is 2. The van der Waals surface area contributed by atoms with E-state index in [9.17, 15) is 0 Å². The molecule has 2 nitrogen and oxygen atoms in total. The van der Waals surface area contributed by atoms with Gasteiger partial charge in [-0.2, -0.15) is 0 Å². The smallest absolute Gasteiger partial charge is 0.0548 e. The number of benzene rings is 5. The Hall–Kier alpha value is -4.30. The molecule has 5 aromatic carbocycles. The molecule has 33 heavy (non-hydrogen) atoms. The molecule has 0 atom stereocenters. The van der Waals surface area contributed by atoms with E-state index in [1.165, 1.54) is 60.4 Å². The second-order valence-corrected chi connectivity index (χ2v) is 8.70. The summed E-state index contributed by atoms with van der Waals surface area (Å²) in [5, 5.41) is 5.24. The van der Waals surface area contributed by atoms with Crippen molar-refractivity contribution in [2.24, 2.45) is 7.05 Å². The quantitative estimate of drug-likeness (QED) is 0.266. The van der Waals surface area contributed by atoms with Crippen molar-refractivity contribution in [3.63, 3.8) is 0 Å². The Labute approximate surface area is 191 Å². The van der Waals surface area contributed by atoms with Crippen molar-refractivity contribution in [2.75, 3.05) is 0 Å². The van der Waals surface area contributed by atoms with E-state index in [0.717, 1.165) is 0 Å². The predicted octanol–water partition coefficient (Wildman–Crippen LogP) is 8.10. The second kappa shape index (κ2) is 6.85. The molecule has 7 rings (SSSR count). The van der Waals surface area contributed by atoms with Gasteiger partial charge >= 0.3 is 0 Å². The van der Waals surface area contributed by atoms with E-state index < -0.39 is 0 Å². The lowest BCUT2D eigenvalue weighted by Crippen LogP contribution is -1.93. The number of aryl methyl sites for hydroxylation is 1. The van der Waals surface area contributed by atoms with Gasteiger partial charge in [-0.3, -0.25) is 0 Å². The predicted molar refractivity (Wildman–Crippen MR) is 140 cm³/mol. The van der Waals surface area contributed by atoms with Gasteiger partial charge in [0.1, 0.15) is 0 Å². The number of rotatable bonds is 2. The zero-order valence-corrected chi connectivity index (χ0v) is 18.4. The molecule has 0 aliphatic heterocycles. The summed E-state index contributed by atoms with van der Waals surface area (Å²) in [4.78, 5) is 0. The molecule has 7 aromatic rings. The molecule has 0 unspecified atom stereocenters. The van der Waals surface area contributed by atoms with E-state index in [1.807, 2.05) is 0 Å². The van der Waals surface area contributed by atoms with Gasteiger partial charge in [0.25, 0.3) is 0 Å². The summed E-state index contributed by atoms with van der Waals surface area (Å²) in [6, 6.07) is 41.5. The highest BCUT2D eigenvalue weighted by atomic mass is 15.0. The van der Waals surface area contributed by atoms with Crippen LogP contribution in [0, 0.1) is 0 Å².